The Bertz CT molecular complexity index is 672. The van der Waals surface area contributed by atoms with Crippen molar-refractivity contribution in [1.29, 1.82) is 0 Å². The number of rotatable bonds is 6. The molecule has 0 unspecified atom stereocenters. The van der Waals surface area contributed by atoms with Crippen LogP contribution < -0.4 is 4.74 Å². The zero-order chi connectivity index (χ0) is 20.9. The molecule has 1 aromatic carbocycles. The van der Waals surface area contributed by atoms with E-state index >= 15 is 0 Å². The summed E-state index contributed by atoms with van der Waals surface area (Å²) in [5, 5.41) is 0. The molecule has 0 radical (unpaired) electrons. The third-order valence-electron chi connectivity index (χ3n) is 6.78. The van der Waals surface area contributed by atoms with E-state index in [2.05, 4.69) is 26.7 Å². The van der Waals surface area contributed by atoms with Gasteiger partial charge in [-0.1, -0.05) is 40.9 Å². The van der Waals surface area contributed by atoms with Crippen LogP contribution in [0.2, 0.25) is 0 Å². The summed E-state index contributed by atoms with van der Waals surface area (Å²) in [5.74, 6) is 1.36. The zero-order valence-corrected chi connectivity index (χ0v) is 18.2. The largest absolute Gasteiger partial charge is 0.573 e. The van der Waals surface area contributed by atoms with Gasteiger partial charge in [-0.15, -0.1) is 13.2 Å². The molecule has 1 nitrogen and oxygen atoms in total. The van der Waals surface area contributed by atoms with E-state index in [0.29, 0.717) is 12.3 Å². The summed E-state index contributed by atoms with van der Waals surface area (Å²) >= 11 is 3.38. The highest BCUT2D eigenvalue weighted by atomic mass is 79.9. The van der Waals surface area contributed by atoms with Gasteiger partial charge < -0.3 is 4.74 Å². The highest BCUT2D eigenvalue weighted by Crippen LogP contribution is 2.42. The topological polar surface area (TPSA) is 9.23 Å². The van der Waals surface area contributed by atoms with Crippen LogP contribution >= 0.6 is 15.9 Å². The molecule has 0 spiro atoms. The summed E-state index contributed by atoms with van der Waals surface area (Å²) in [6.45, 7) is 0. The molecule has 0 saturated heterocycles. The molecule has 1 aromatic rings. The second kappa shape index (κ2) is 10.3. The monoisotopic (exact) mass is 476 g/mol. The lowest BCUT2D eigenvalue weighted by atomic mass is 9.68. The first-order valence-corrected chi connectivity index (χ1v) is 11.6. The molecular formula is C23H29BrF4O. The number of halogens is 5. The summed E-state index contributed by atoms with van der Waals surface area (Å²) in [6, 6.07) is 3.79. The van der Waals surface area contributed by atoms with Crippen molar-refractivity contribution in [3.63, 3.8) is 0 Å². The first kappa shape index (κ1) is 22.6. The van der Waals surface area contributed by atoms with E-state index in [1.807, 2.05) is 4.99 Å². The smallest absolute Gasteiger partial charge is 0.403 e. The van der Waals surface area contributed by atoms with E-state index in [4.69, 9.17) is 0 Å². The average Bonchev–Trinajstić information content (AvgIpc) is 2.69. The highest BCUT2D eigenvalue weighted by Gasteiger charge is 2.32. The summed E-state index contributed by atoms with van der Waals surface area (Å²) in [7, 11) is 0. The Labute approximate surface area is 179 Å². The van der Waals surface area contributed by atoms with Gasteiger partial charge in [-0.3, -0.25) is 0 Å². The highest BCUT2D eigenvalue weighted by molar-refractivity contribution is 9.11. The van der Waals surface area contributed by atoms with Crippen molar-refractivity contribution in [2.24, 2.45) is 23.7 Å². The number of aryl methyl sites for hydroxylation is 1. The Balaban J connectivity index is 1.41. The van der Waals surface area contributed by atoms with Crippen LogP contribution in [0.25, 0.3) is 0 Å². The molecule has 0 amide bonds. The number of ether oxygens (including phenoxy) is 1. The van der Waals surface area contributed by atoms with E-state index in [1.54, 1.807) is 0 Å². The number of alkyl halides is 3. The molecule has 0 bridgehead atoms. The van der Waals surface area contributed by atoms with Crippen LogP contribution in [0.5, 0.6) is 5.75 Å². The Morgan fingerprint density at radius 1 is 0.966 bits per heavy atom. The van der Waals surface area contributed by atoms with Gasteiger partial charge in [0.15, 0.2) is 11.6 Å². The molecule has 0 atom stereocenters. The number of benzene rings is 1. The van der Waals surface area contributed by atoms with Gasteiger partial charge in [0.25, 0.3) is 0 Å². The molecular weight excluding hydrogens is 448 g/mol. The van der Waals surface area contributed by atoms with E-state index in [1.165, 1.54) is 63.5 Å². The predicted molar refractivity (Wildman–Crippen MR) is 110 cm³/mol. The standard InChI is InChI=1S/C23H29BrF4O/c24-14-13-17-5-10-20(11-6-17)19-8-3-16(4-9-19)1-2-18-7-12-22(21(25)15-18)29-23(26,27)28/h7,12-17,19-20H,1-6,8-11H2/b14-13+. The van der Waals surface area contributed by atoms with Crippen LogP contribution in [0, 0.1) is 29.5 Å². The molecule has 2 saturated carbocycles. The van der Waals surface area contributed by atoms with Crippen molar-refractivity contribution in [1.82, 2.24) is 0 Å². The van der Waals surface area contributed by atoms with Gasteiger partial charge in [-0.25, -0.2) is 4.39 Å². The Kier molecular flexibility index (Phi) is 8.06. The molecule has 2 aliphatic rings. The average molecular weight is 477 g/mol. The van der Waals surface area contributed by atoms with Crippen LogP contribution in [-0.4, -0.2) is 6.36 Å². The molecule has 2 aliphatic carbocycles. The van der Waals surface area contributed by atoms with E-state index in [-0.39, 0.29) is 0 Å². The second-order valence-electron chi connectivity index (χ2n) is 8.63. The van der Waals surface area contributed by atoms with E-state index in [0.717, 1.165) is 35.8 Å². The third-order valence-corrected chi connectivity index (χ3v) is 7.09. The maximum absolute atomic E-state index is 13.8. The number of hydrogen-bond acceptors (Lipinski definition) is 1. The van der Waals surface area contributed by atoms with Crippen LogP contribution in [-0.2, 0) is 6.42 Å². The van der Waals surface area contributed by atoms with Crippen molar-refractivity contribution >= 4 is 15.9 Å². The van der Waals surface area contributed by atoms with Crippen molar-refractivity contribution in [3.8, 4) is 5.75 Å². The van der Waals surface area contributed by atoms with Crippen LogP contribution in [0.1, 0.15) is 63.4 Å². The Hall–Kier alpha value is -1.04. The predicted octanol–water partition coefficient (Wildman–Crippen LogP) is 8.18. The molecule has 0 aromatic heterocycles. The molecule has 0 aliphatic heterocycles. The fraction of sp³-hybridized carbons (Fsp3) is 0.652. The van der Waals surface area contributed by atoms with E-state index < -0.39 is 17.9 Å². The van der Waals surface area contributed by atoms with Crippen LogP contribution in [0.15, 0.2) is 29.3 Å². The first-order valence-electron chi connectivity index (χ1n) is 10.6. The normalized spacial score (nSPS) is 28.6. The molecule has 2 fully saturated rings. The van der Waals surface area contributed by atoms with Gasteiger partial charge >= 0.3 is 6.36 Å². The van der Waals surface area contributed by atoms with Gasteiger partial charge in [0.1, 0.15) is 0 Å². The quantitative estimate of drug-likeness (QED) is 0.376. The fourth-order valence-corrected chi connectivity index (χ4v) is 5.57. The first-order chi connectivity index (χ1) is 13.8. The van der Waals surface area contributed by atoms with Gasteiger partial charge in [-0.05, 0) is 97.7 Å². The third kappa shape index (κ3) is 7.01. The lowest BCUT2D eigenvalue weighted by Crippen LogP contribution is -2.25. The Morgan fingerprint density at radius 3 is 2.14 bits per heavy atom. The van der Waals surface area contributed by atoms with Crippen LogP contribution in [0.4, 0.5) is 17.6 Å². The van der Waals surface area contributed by atoms with Gasteiger partial charge in [0.05, 0.1) is 0 Å². The molecule has 0 N–H and O–H groups in total. The minimum atomic E-state index is -4.87. The van der Waals surface area contributed by atoms with Crippen molar-refractivity contribution < 1.29 is 22.3 Å². The van der Waals surface area contributed by atoms with Crippen molar-refractivity contribution in [2.75, 3.05) is 0 Å². The minimum Gasteiger partial charge on any atom is -0.403 e. The van der Waals surface area contributed by atoms with Gasteiger partial charge in [0, 0.05) is 0 Å². The molecule has 0 heterocycles. The second-order valence-corrected chi connectivity index (χ2v) is 9.15. The maximum Gasteiger partial charge on any atom is 0.573 e. The molecule has 3 rings (SSSR count). The molecule has 6 heteroatoms. The summed E-state index contributed by atoms with van der Waals surface area (Å²) in [5.41, 5.74) is 0.734. The van der Waals surface area contributed by atoms with E-state index in [9.17, 15) is 17.6 Å². The Morgan fingerprint density at radius 2 is 1.59 bits per heavy atom. The SMILES string of the molecule is Fc1cc(CCC2CCC(C3CCC(/C=C/Br)CC3)CC2)ccc1OC(F)(F)F. The molecule has 29 heavy (non-hydrogen) atoms. The number of hydrogen-bond donors (Lipinski definition) is 0. The maximum atomic E-state index is 13.8. The molecule has 162 valence electrons. The van der Waals surface area contributed by atoms with Gasteiger partial charge in [-0.2, -0.15) is 0 Å². The lowest BCUT2D eigenvalue weighted by Gasteiger charge is -2.37. The minimum absolute atomic E-state index is 0.632. The zero-order valence-electron chi connectivity index (χ0n) is 16.6. The van der Waals surface area contributed by atoms with Crippen molar-refractivity contribution in [3.05, 3.63) is 40.6 Å². The summed E-state index contributed by atoms with van der Waals surface area (Å²) in [6.07, 6.45) is 9.32. The summed E-state index contributed by atoms with van der Waals surface area (Å²) in [4.78, 5) is 1.99. The number of allylic oxidation sites excluding steroid dienone is 1. The lowest BCUT2D eigenvalue weighted by molar-refractivity contribution is -0.275. The summed E-state index contributed by atoms with van der Waals surface area (Å²) < 4.78 is 54.3. The fourth-order valence-electron chi connectivity index (χ4n) is 5.14. The van der Waals surface area contributed by atoms with Gasteiger partial charge in [0.2, 0.25) is 0 Å². The van der Waals surface area contributed by atoms with Crippen molar-refractivity contribution in [2.45, 2.75) is 70.6 Å². The van der Waals surface area contributed by atoms with Crippen LogP contribution in [0.3, 0.4) is 0 Å².